The van der Waals surface area contributed by atoms with Gasteiger partial charge in [0.25, 0.3) is 10.0 Å². The number of sulfonamides is 1. The summed E-state index contributed by atoms with van der Waals surface area (Å²) in [6.07, 6.45) is -0.303. The largest absolute Gasteiger partial charge is 0.497 e. The standard InChI is InChI=1S/C21H28N2O5S/c1-6-23(7-2)19-13-8-16(21(24)28-15(3)4)14-20(19)29(25,26)22-17-9-11-18(27-5)12-10-17/h8-15,22H,6-7H2,1-5H3. The molecule has 0 aliphatic carbocycles. The summed E-state index contributed by atoms with van der Waals surface area (Å²) in [5.74, 6) is 0.0576. The molecule has 0 aliphatic heterocycles. The lowest BCUT2D eigenvalue weighted by molar-refractivity contribution is 0.0377. The maximum atomic E-state index is 13.2. The van der Waals surface area contributed by atoms with Gasteiger partial charge in [0.15, 0.2) is 0 Å². The van der Waals surface area contributed by atoms with Crippen molar-refractivity contribution in [2.75, 3.05) is 29.8 Å². The lowest BCUT2D eigenvalue weighted by Crippen LogP contribution is -2.26. The fourth-order valence-corrected chi connectivity index (χ4v) is 4.14. The lowest BCUT2D eigenvalue weighted by Gasteiger charge is -2.24. The summed E-state index contributed by atoms with van der Waals surface area (Å²) in [6, 6.07) is 11.2. The second kappa shape index (κ2) is 9.65. The van der Waals surface area contributed by atoms with Crippen molar-refractivity contribution in [3.05, 3.63) is 48.0 Å². The Kier molecular flexibility index (Phi) is 7.50. The van der Waals surface area contributed by atoms with Crippen LogP contribution in [-0.2, 0) is 14.8 Å². The Morgan fingerprint density at radius 2 is 1.69 bits per heavy atom. The monoisotopic (exact) mass is 420 g/mol. The Hall–Kier alpha value is -2.74. The van der Waals surface area contributed by atoms with Crippen LogP contribution in [0.1, 0.15) is 38.1 Å². The molecule has 1 N–H and O–H groups in total. The SMILES string of the molecule is CCN(CC)c1ccc(C(=O)OC(C)C)cc1S(=O)(=O)Nc1ccc(OC)cc1. The molecular weight excluding hydrogens is 392 g/mol. The summed E-state index contributed by atoms with van der Waals surface area (Å²) in [4.78, 5) is 14.3. The van der Waals surface area contributed by atoms with E-state index in [1.54, 1.807) is 50.2 Å². The first-order valence-corrected chi connectivity index (χ1v) is 11.0. The summed E-state index contributed by atoms with van der Waals surface area (Å²) in [5, 5.41) is 0. The Morgan fingerprint density at radius 3 is 2.21 bits per heavy atom. The molecule has 0 atom stereocenters. The number of nitrogens with one attached hydrogen (secondary N) is 1. The van der Waals surface area contributed by atoms with E-state index in [0.717, 1.165) is 0 Å². The number of methoxy groups -OCH3 is 1. The number of carbonyl (C=O) groups excluding carboxylic acids is 1. The highest BCUT2D eigenvalue weighted by Crippen LogP contribution is 2.29. The van der Waals surface area contributed by atoms with E-state index in [0.29, 0.717) is 30.2 Å². The van der Waals surface area contributed by atoms with Crippen LogP contribution in [0.5, 0.6) is 5.75 Å². The molecule has 0 bridgehead atoms. The van der Waals surface area contributed by atoms with Gasteiger partial charge in [-0.1, -0.05) is 0 Å². The lowest BCUT2D eigenvalue weighted by atomic mass is 10.2. The number of rotatable bonds is 9. The average Bonchev–Trinajstić information content (AvgIpc) is 2.68. The third-order valence-electron chi connectivity index (χ3n) is 4.27. The molecule has 0 heterocycles. The number of anilines is 2. The first-order chi connectivity index (χ1) is 13.7. The minimum atomic E-state index is -3.95. The molecule has 2 rings (SSSR count). The van der Waals surface area contributed by atoms with Crippen molar-refractivity contribution in [1.29, 1.82) is 0 Å². The molecule has 0 aromatic heterocycles. The Balaban J connectivity index is 2.50. The minimum absolute atomic E-state index is 0.0234. The molecule has 0 saturated heterocycles. The Morgan fingerprint density at radius 1 is 1.07 bits per heavy atom. The number of benzene rings is 2. The minimum Gasteiger partial charge on any atom is -0.497 e. The van der Waals surface area contributed by atoms with E-state index in [-0.39, 0.29) is 16.6 Å². The van der Waals surface area contributed by atoms with Crippen molar-refractivity contribution in [1.82, 2.24) is 0 Å². The maximum absolute atomic E-state index is 13.2. The number of esters is 1. The summed E-state index contributed by atoms with van der Waals surface area (Å²) in [7, 11) is -2.41. The number of hydrogen-bond donors (Lipinski definition) is 1. The van der Waals surface area contributed by atoms with E-state index < -0.39 is 16.0 Å². The fraction of sp³-hybridized carbons (Fsp3) is 0.381. The number of nitrogens with zero attached hydrogens (tertiary/aromatic N) is 1. The Bertz CT molecular complexity index is 936. The number of hydrogen-bond acceptors (Lipinski definition) is 6. The molecule has 0 aliphatic rings. The molecular formula is C21H28N2O5S. The third kappa shape index (κ3) is 5.63. The van der Waals surface area contributed by atoms with Crippen molar-refractivity contribution in [3.63, 3.8) is 0 Å². The van der Waals surface area contributed by atoms with E-state index in [2.05, 4.69) is 4.72 Å². The van der Waals surface area contributed by atoms with Gasteiger partial charge in [0.1, 0.15) is 10.6 Å². The van der Waals surface area contributed by atoms with Crippen LogP contribution in [0.4, 0.5) is 11.4 Å². The molecule has 2 aromatic rings. The van der Waals surface area contributed by atoms with Gasteiger partial charge in [0.05, 0.1) is 24.5 Å². The van der Waals surface area contributed by atoms with Crippen molar-refractivity contribution >= 4 is 27.4 Å². The van der Waals surface area contributed by atoms with E-state index in [9.17, 15) is 13.2 Å². The van der Waals surface area contributed by atoms with E-state index in [1.807, 2.05) is 18.7 Å². The van der Waals surface area contributed by atoms with E-state index in [4.69, 9.17) is 9.47 Å². The average molecular weight is 421 g/mol. The predicted molar refractivity (Wildman–Crippen MR) is 114 cm³/mol. The molecule has 7 nitrogen and oxygen atoms in total. The van der Waals surface area contributed by atoms with Crippen LogP contribution in [0, 0.1) is 0 Å². The van der Waals surface area contributed by atoms with Crippen LogP contribution >= 0.6 is 0 Å². The summed E-state index contributed by atoms with van der Waals surface area (Å²) >= 11 is 0. The number of carbonyl (C=O) groups is 1. The summed E-state index contributed by atoms with van der Waals surface area (Å²) < 4.78 is 39.3. The molecule has 29 heavy (non-hydrogen) atoms. The summed E-state index contributed by atoms with van der Waals surface area (Å²) in [5.41, 5.74) is 1.10. The highest BCUT2D eigenvalue weighted by atomic mass is 32.2. The van der Waals surface area contributed by atoms with Gasteiger partial charge in [-0.15, -0.1) is 0 Å². The highest BCUT2D eigenvalue weighted by molar-refractivity contribution is 7.92. The molecule has 158 valence electrons. The molecule has 8 heteroatoms. The fourth-order valence-electron chi connectivity index (χ4n) is 2.83. The molecule has 0 saturated carbocycles. The molecule has 0 amide bonds. The van der Waals surface area contributed by atoms with Gasteiger partial charge in [0, 0.05) is 18.8 Å². The van der Waals surface area contributed by atoms with E-state index in [1.165, 1.54) is 13.2 Å². The Labute approximate surface area is 172 Å². The first-order valence-electron chi connectivity index (χ1n) is 9.48. The zero-order valence-corrected chi connectivity index (χ0v) is 18.2. The topological polar surface area (TPSA) is 84.9 Å². The van der Waals surface area contributed by atoms with Crippen molar-refractivity contribution < 1.29 is 22.7 Å². The highest BCUT2D eigenvalue weighted by Gasteiger charge is 2.24. The van der Waals surface area contributed by atoms with Crippen LogP contribution in [0.15, 0.2) is 47.4 Å². The van der Waals surface area contributed by atoms with Gasteiger partial charge in [0.2, 0.25) is 0 Å². The van der Waals surface area contributed by atoms with Crippen molar-refractivity contribution in [2.24, 2.45) is 0 Å². The van der Waals surface area contributed by atoms with Gasteiger partial charge in [-0.2, -0.15) is 0 Å². The molecule has 0 radical (unpaired) electrons. The quantitative estimate of drug-likeness (QED) is 0.619. The summed E-state index contributed by atoms with van der Waals surface area (Å²) in [6.45, 7) is 8.61. The zero-order valence-electron chi connectivity index (χ0n) is 17.4. The van der Waals surface area contributed by atoms with Crippen LogP contribution in [-0.4, -0.2) is 40.7 Å². The van der Waals surface area contributed by atoms with Crippen LogP contribution in [0.25, 0.3) is 0 Å². The zero-order chi connectivity index (χ0) is 21.6. The molecule has 0 fully saturated rings. The normalized spacial score (nSPS) is 11.2. The van der Waals surface area contributed by atoms with Crippen LogP contribution in [0.3, 0.4) is 0 Å². The second-order valence-electron chi connectivity index (χ2n) is 6.64. The van der Waals surface area contributed by atoms with Gasteiger partial charge >= 0.3 is 5.97 Å². The van der Waals surface area contributed by atoms with Crippen molar-refractivity contribution in [3.8, 4) is 5.75 Å². The van der Waals surface area contributed by atoms with E-state index >= 15 is 0 Å². The van der Waals surface area contributed by atoms with Gasteiger partial charge in [-0.3, -0.25) is 4.72 Å². The van der Waals surface area contributed by atoms with Gasteiger partial charge < -0.3 is 14.4 Å². The first kappa shape index (κ1) is 22.5. The second-order valence-corrected chi connectivity index (χ2v) is 8.29. The third-order valence-corrected chi connectivity index (χ3v) is 5.68. The van der Waals surface area contributed by atoms with Gasteiger partial charge in [-0.05, 0) is 70.2 Å². The molecule has 0 unspecified atom stereocenters. The van der Waals surface area contributed by atoms with Crippen LogP contribution < -0.4 is 14.4 Å². The molecule has 2 aromatic carbocycles. The number of ether oxygens (including phenoxy) is 2. The molecule has 0 spiro atoms. The predicted octanol–water partition coefficient (Wildman–Crippen LogP) is 3.91. The van der Waals surface area contributed by atoms with Gasteiger partial charge in [-0.25, -0.2) is 13.2 Å². The van der Waals surface area contributed by atoms with Crippen molar-refractivity contribution in [2.45, 2.75) is 38.7 Å². The smallest absolute Gasteiger partial charge is 0.338 e. The maximum Gasteiger partial charge on any atom is 0.338 e. The van der Waals surface area contributed by atoms with Crippen LogP contribution in [0.2, 0.25) is 0 Å².